The summed E-state index contributed by atoms with van der Waals surface area (Å²) >= 11 is 3.40. The average Bonchev–Trinajstić information content (AvgIpc) is 2.80. The van der Waals surface area contributed by atoms with Crippen molar-refractivity contribution in [3.05, 3.63) is 28.7 Å². The Hall–Kier alpha value is -1.36. The van der Waals surface area contributed by atoms with Gasteiger partial charge >= 0.3 is 0 Å². The molecule has 1 atom stereocenters. The Balaban J connectivity index is 1.94. The molecular weight excluding hydrogens is 332 g/mol. The number of amides is 2. The Kier molecular flexibility index (Phi) is 5.39. The maximum Gasteiger partial charge on any atom is 0.227 e. The van der Waals surface area contributed by atoms with Gasteiger partial charge in [-0.25, -0.2) is 0 Å². The second kappa shape index (κ2) is 7.07. The van der Waals surface area contributed by atoms with Gasteiger partial charge in [-0.05, 0) is 30.5 Å². The van der Waals surface area contributed by atoms with Gasteiger partial charge in [-0.3, -0.25) is 9.59 Å². The van der Waals surface area contributed by atoms with E-state index >= 15 is 0 Å². The van der Waals surface area contributed by atoms with Gasteiger partial charge in [-0.1, -0.05) is 35.8 Å². The zero-order valence-electron chi connectivity index (χ0n) is 12.4. The standard InChI is InChI=1S/C16H21BrN2O2/c1-11(2)6-7-18-16(21)12-8-15(20)19(10-12)14-5-3-4-13(17)9-14/h3-5,9,11-12H,6-8,10H2,1-2H3,(H,18,21). The molecule has 2 rings (SSSR count). The first-order valence-corrected chi connectivity index (χ1v) is 8.10. The Labute approximate surface area is 134 Å². The third-order valence-corrected chi connectivity index (χ3v) is 4.13. The van der Waals surface area contributed by atoms with E-state index < -0.39 is 0 Å². The summed E-state index contributed by atoms with van der Waals surface area (Å²) in [6, 6.07) is 7.60. The highest BCUT2D eigenvalue weighted by molar-refractivity contribution is 9.10. The third-order valence-electron chi connectivity index (χ3n) is 3.64. The molecule has 0 bridgehead atoms. The first kappa shape index (κ1) is 16.0. The van der Waals surface area contributed by atoms with Gasteiger partial charge in [0.1, 0.15) is 0 Å². The smallest absolute Gasteiger partial charge is 0.227 e. The quantitative estimate of drug-likeness (QED) is 0.885. The van der Waals surface area contributed by atoms with Crippen LogP contribution in [0.25, 0.3) is 0 Å². The molecule has 1 aliphatic heterocycles. The topological polar surface area (TPSA) is 49.4 Å². The van der Waals surface area contributed by atoms with Gasteiger partial charge in [-0.2, -0.15) is 0 Å². The maximum atomic E-state index is 12.1. The molecule has 0 radical (unpaired) electrons. The number of benzene rings is 1. The minimum atomic E-state index is -0.247. The van der Waals surface area contributed by atoms with Crippen LogP contribution in [0.15, 0.2) is 28.7 Å². The number of carbonyl (C=O) groups excluding carboxylic acids is 2. The van der Waals surface area contributed by atoms with Crippen molar-refractivity contribution in [3.63, 3.8) is 0 Å². The van der Waals surface area contributed by atoms with Gasteiger partial charge in [0.2, 0.25) is 11.8 Å². The first-order valence-electron chi connectivity index (χ1n) is 7.31. The molecule has 5 heteroatoms. The summed E-state index contributed by atoms with van der Waals surface area (Å²) in [7, 11) is 0. The van der Waals surface area contributed by atoms with Crippen LogP contribution in [0.3, 0.4) is 0 Å². The normalized spacial score (nSPS) is 18.4. The molecule has 0 saturated carbocycles. The van der Waals surface area contributed by atoms with E-state index in [9.17, 15) is 9.59 Å². The number of hydrogen-bond donors (Lipinski definition) is 1. The van der Waals surface area contributed by atoms with Gasteiger partial charge in [-0.15, -0.1) is 0 Å². The first-order chi connectivity index (χ1) is 9.97. The van der Waals surface area contributed by atoms with Crippen molar-refractivity contribution in [3.8, 4) is 0 Å². The minimum Gasteiger partial charge on any atom is -0.356 e. The molecule has 114 valence electrons. The fourth-order valence-electron chi connectivity index (χ4n) is 2.41. The molecule has 4 nitrogen and oxygen atoms in total. The summed E-state index contributed by atoms with van der Waals surface area (Å²) < 4.78 is 0.928. The van der Waals surface area contributed by atoms with Gasteiger partial charge in [0, 0.05) is 29.7 Å². The van der Waals surface area contributed by atoms with Gasteiger partial charge in [0.25, 0.3) is 0 Å². The highest BCUT2D eigenvalue weighted by Crippen LogP contribution is 2.27. The summed E-state index contributed by atoms with van der Waals surface area (Å²) in [6.07, 6.45) is 1.25. The van der Waals surface area contributed by atoms with Crippen LogP contribution in [0.4, 0.5) is 5.69 Å². The van der Waals surface area contributed by atoms with E-state index in [4.69, 9.17) is 0 Å². The SMILES string of the molecule is CC(C)CCNC(=O)C1CC(=O)N(c2cccc(Br)c2)C1. The van der Waals surface area contributed by atoms with Crippen LogP contribution in [0.5, 0.6) is 0 Å². The van der Waals surface area contributed by atoms with Crippen LogP contribution in [-0.4, -0.2) is 24.9 Å². The average molecular weight is 353 g/mol. The molecule has 1 aromatic carbocycles. The van der Waals surface area contributed by atoms with Crippen LogP contribution in [0.2, 0.25) is 0 Å². The number of anilines is 1. The molecule has 0 spiro atoms. The molecule has 0 aromatic heterocycles. The van der Waals surface area contributed by atoms with Crippen LogP contribution in [0.1, 0.15) is 26.7 Å². The number of carbonyl (C=O) groups is 2. The van der Waals surface area contributed by atoms with E-state index in [0.29, 0.717) is 25.4 Å². The van der Waals surface area contributed by atoms with Crippen molar-refractivity contribution in [2.45, 2.75) is 26.7 Å². The van der Waals surface area contributed by atoms with Gasteiger partial charge in [0.15, 0.2) is 0 Å². The number of nitrogens with zero attached hydrogens (tertiary/aromatic N) is 1. The zero-order chi connectivity index (χ0) is 15.4. The molecule has 21 heavy (non-hydrogen) atoms. The second-order valence-electron chi connectivity index (χ2n) is 5.86. The Morgan fingerprint density at radius 1 is 1.48 bits per heavy atom. The molecule has 1 fully saturated rings. The van der Waals surface area contributed by atoms with Crippen molar-refractivity contribution in [1.82, 2.24) is 5.32 Å². The fourth-order valence-corrected chi connectivity index (χ4v) is 2.79. The lowest BCUT2D eigenvalue weighted by Crippen LogP contribution is -2.33. The molecule has 1 aliphatic rings. The summed E-state index contributed by atoms with van der Waals surface area (Å²) in [5, 5.41) is 2.93. The molecule has 2 amide bonds. The lowest BCUT2D eigenvalue weighted by Gasteiger charge is -2.17. The van der Waals surface area contributed by atoms with Crippen LogP contribution in [0, 0.1) is 11.8 Å². The van der Waals surface area contributed by atoms with Crippen molar-refractivity contribution in [1.29, 1.82) is 0 Å². The molecule has 1 N–H and O–H groups in total. The zero-order valence-corrected chi connectivity index (χ0v) is 14.0. The van der Waals surface area contributed by atoms with Crippen LogP contribution < -0.4 is 10.2 Å². The van der Waals surface area contributed by atoms with E-state index in [-0.39, 0.29) is 17.7 Å². The van der Waals surface area contributed by atoms with Gasteiger partial charge in [0.05, 0.1) is 5.92 Å². The van der Waals surface area contributed by atoms with Crippen molar-refractivity contribution in [2.75, 3.05) is 18.0 Å². The highest BCUT2D eigenvalue weighted by atomic mass is 79.9. The van der Waals surface area contributed by atoms with E-state index in [0.717, 1.165) is 16.6 Å². The predicted octanol–water partition coefficient (Wildman–Crippen LogP) is 2.96. The predicted molar refractivity (Wildman–Crippen MR) is 87.1 cm³/mol. The number of halogens is 1. The summed E-state index contributed by atoms with van der Waals surface area (Å²) in [5.74, 6) is 0.316. The van der Waals surface area contributed by atoms with E-state index in [1.165, 1.54) is 0 Å². The molecule has 1 heterocycles. The molecule has 1 saturated heterocycles. The lowest BCUT2D eigenvalue weighted by molar-refractivity contribution is -0.126. The monoisotopic (exact) mass is 352 g/mol. The lowest BCUT2D eigenvalue weighted by atomic mass is 10.1. The van der Waals surface area contributed by atoms with Gasteiger partial charge < -0.3 is 10.2 Å². The third kappa shape index (κ3) is 4.30. The summed E-state index contributed by atoms with van der Waals surface area (Å²) in [4.78, 5) is 25.9. The van der Waals surface area contributed by atoms with E-state index in [1.54, 1.807) is 4.90 Å². The number of rotatable bonds is 5. The van der Waals surface area contributed by atoms with E-state index in [1.807, 2.05) is 24.3 Å². The van der Waals surface area contributed by atoms with Crippen LogP contribution in [-0.2, 0) is 9.59 Å². The largest absolute Gasteiger partial charge is 0.356 e. The maximum absolute atomic E-state index is 12.1. The Morgan fingerprint density at radius 3 is 2.90 bits per heavy atom. The molecule has 1 aromatic rings. The summed E-state index contributed by atoms with van der Waals surface area (Å²) in [5.41, 5.74) is 0.840. The molecule has 1 unspecified atom stereocenters. The minimum absolute atomic E-state index is 0.0112. The van der Waals surface area contributed by atoms with E-state index in [2.05, 4.69) is 35.1 Å². The number of nitrogens with one attached hydrogen (secondary N) is 1. The van der Waals surface area contributed by atoms with Crippen molar-refractivity contribution >= 4 is 33.4 Å². The van der Waals surface area contributed by atoms with Crippen molar-refractivity contribution in [2.24, 2.45) is 11.8 Å². The molecule has 0 aliphatic carbocycles. The Bertz CT molecular complexity index is 531. The Morgan fingerprint density at radius 2 is 2.24 bits per heavy atom. The molecular formula is C16H21BrN2O2. The van der Waals surface area contributed by atoms with Crippen molar-refractivity contribution < 1.29 is 9.59 Å². The number of hydrogen-bond acceptors (Lipinski definition) is 2. The summed E-state index contributed by atoms with van der Waals surface area (Å²) in [6.45, 7) is 5.39. The second-order valence-corrected chi connectivity index (χ2v) is 6.77. The highest BCUT2D eigenvalue weighted by Gasteiger charge is 2.34. The fraction of sp³-hybridized carbons (Fsp3) is 0.500. The van der Waals surface area contributed by atoms with Crippen LogP contribution >= 0.6 is 15.9 Å².